The lowest BCUT2D eigenvalue weighted by Gasteiger charge is -2.06. The molecule has 2 heterocycles. The molecule has 30 heavy (non-hydrogen) atoms. The van der Waals surface area contributed by atoms with Gasteiger partial charge < -0.3 is 8.98 Å². The number of hydrogen-bond acceptors (Lipinski definition) is 6. The van der Waals surface area contributed by atoms with Crippen LogP contribution in [0.25, 0.3) is 10.2 Å². The molecular weight excluding hydrogens is 420 g/mol. The van der Waals surface area contributed by atoms with Crippen molar-refractivity contribution in [2.24, 2.45) is 17.3 Å². The molecule has 0 spiro atoms. The summed E-state index contributed by atoms with van der Waals surface area (Å²) >= 11 is 1.57. The van der Waals surface area contributed by atoms with Gasteiger partial charge in [0, 0.05) is 7.05 Å². The first-order valence-electron chi connectivity index (χ1n) is 9.19. The fraction of sp³-hybridized carbons (Fsp3) is 0.143. The number of hydrogen-bond donors (Lipinski definition) is 1. The van der Waals surface area contributed by atoms with Crippen LogP contribution in [0.2, 0.25) is 0 Å². The number of benzene rings is 2. The first kappa shape index (κ1) is 20.3. The molecule has 4 rings (SSSR count). The zero-order valence-corrected chi connectivity index (χ0v) is 18.1. The number of nitrogens with one attached hydrogen (secondary N) is 1. The molecule has 0 aliphatic heterocycles. The van der Waals surface area contributed by atoms with Crippen molar-refractivity contribution in [2.75, 3.05) is 0 Å². The van der Waals surface area contributed by atoms with Crippen molar-refractivity contribution in [1.82, 2.24) is 9.29 Å². The highest BCUT2D eigenvalue weighted by molar-refractivity contribution is 7.89. The number of aryl methyl sites for hydroxylation is 1. The number of nitrogens with zero attached hydrogens (tertiary/aromatic N) is 3. The lowest BCUT2D eigenvalue weighted by molar-refractivity contribution is 0.498. The van der Waals surface area contributed by atoms with Gasteiger partial charge in [0.15, 0.2) is 0 Å². The molecule has 0 atom stereocenters. The average molecular weight is 441 g/mol. The number of fused-ring (bicyclic) bond motifs is 1. The fourth-order valence-corrected chi connectivity index (χ4v) is 4.85. The number of sulfonamides is 1. The molecule has 0 unspecified atom stereocenters. The number of aromatic nitrogens is 1. The third-order valence-corrected chi connectivity index (χ3v) is 7.12. The molecule has 0 fully saturated rings. The third kappa shape index (κ3) is 4.28. The van der Waals surface area contributed by atoms with Crippen LogP contribution in [-0.4, -0.2) is 18.7 Å². The van der Waals surface area contributed by atoms with Gasteiger partial charge in [0.25, 0.3) is 0 Å². The van der Waals surface area contributed by atoms with Crippen LogP contribution in [-0.2, 0) is 23.6 Å². The summed E-state index contributed by atoms with van der Waals surface area (Å²) in [4.78, 5) is 0.968. The van der Waals surface area contributed by atoms with E-state index in [0.29, 0.717) is 11.5 Å². The smallest absolute Gasteiger partial charge is 0.240 e. The molecule has 1 N–H and O–H groups in total. The van der Waals surface area contributed by atoms with E-state index in [0.717, 1.165) is 20.6 Å². The summed E-state index contributed by atoms with van der Waals surface area (Å²) in [6, 6.07) is 18.1. The molecule has 9 heteroatoms. The van der Waals surface area contributed by atoms with Crippen molar-refractivity contribution < 1.29 is 12.8 Å². The summed E-state index contributed by atoms with van der Waals surface area (Å²) in [6.45, 7) is 1.94. The van der Waals surface area contributed by atoms with Gasteiger partial charge in [0.2, 0.25) is 14.8 Å². The quantitative estimate of drug-likeness (QED) is 0.367. The summed E-state index contributed by atoms with van der Waals surface area (Å²) in [6.07, 6.45) is 1.50. The average Bonchev–Trinajstić information content (AvgIpc) is 3.39. The zero-order valence-electron chi connectivity index (χ0n) is 16.4. The maximum Gasteiger partial charge on any atom is 0.240 e. The second-order valence-corrected chi connectivity index (χ2v) is 9.40. The van der Waals surface area contributed by atoms with E-state index in [1.54, 1.807) is 47.7 Å². The van der Waals surface area contributed by atoms with Crippen molar-refractivity contribution in [2.45, 2.75) is 18.4 Å². The van der Waals surface area contributed by atoms with E-state index in [4.69, 9.17) is 4.42 Å². The summed E-state index contributed by atoms with van der Waals surface area (Å²) in [5.74, 6) is 0.550. The number of rotatable bonds is 6. The minimum absolute atomic E-state index is 0.0998. The molecule has 0 bridgehead atoms. The SMILES string of the molecule is C/C(=N\N=c1/sc2ccccc2n1C)c1ccc(S(=O)(=O)NCc2ccco2)cc1. The van der Waals surface area contributed by atoms with E-state index in [2.05, 4.69) is 21.0 Å². The van der Waals surface area contributed by atoms with Gasteiger partial charge in [-0.15, -0.1) is 5.10 Å². The van der Waals surface area contributed by atoms with Crippen molar-refractivity contribution >= 4 is 37.3 Å². The molecule has 7 nitrogen and oxygen atoms in total. The Morgan fingerprint density at radius 1 is 1.10 bits per heavy atom. The lowest BCUT2D eigenvalue weighted by atomic mass is 10.1. The Kier molecular flexibility index (Phi) is 5.67. The van der Waals surface area contributed by atoms with E-state index in [1.165, 1.54) is 6.26 Å². The zero-order chi connectivity index (χ0) is 21.1. The fourth-order valence-electron chi connectivity index (χ4n) is 2.89. The molecule has 0 amide bonds. The Balaban J connectivity index is 1.53. The predicted octanol–water partition coefficient (Wildman–Crippen LogP) is 3.64. The molecule has 4 aromatic rings. The second kappa shape index (κ2) is 8.39. The summed E-state index contributed by atoms with van der Waals surface area (Å²) in [5, 5.41) is 8.71. The van der Waals surface area contributed by atoms with Crippen LogP contribution in [0, 0.1) is 0 Å². The topological polar surface area (TPSA) is 89.0 Å². The summed E-state index contributed by atoms with van der Waals surface area (Å²) < 4.78 is 35.7. The minimum atomic E-state index is -3.63. The molecule has 0 aliphatic carbocycles. The molecule has 154 valence electrons. The largest absolute Gasteiger partial charge is 0.468 e. The second-order valence-electron chi connectivity index (χ2n) is 6.63. The van der Waals surface area contributed by atoms with Gasteiger partial charge in [0.1, 0.15) is 5.76 Å². The van der Waals surface area contributed by atoms with Crippen LogP contribution >= 0.6 is 11.3 Å². The summed E-state index contributed by atoms with van der Waals surface area (Å²) in [5.41, 5.74) is 2.60. The number of furan rings is 1. The van der Waals surface area contributed by atoms with Crippen LogP contribution in [0.1, 0.15) is 18.2 Å². The van der Waals surface area contributed by atoms with Crippen LogP contribution in [0.15, 0.2) is 86.4 Å². The standard InChI is InChI=1S/C21H20N4O3S2/c1-15(23-24-21-25(2)19-7-3-4-8-20(19)29-21)16-9-11-18(12-10-16)30(26,27)22-14-17-6-5-13-28-17/h3-13,22H,14H2,1-2H3/b23-15+,24-21-. The number of thiazole rings is 1. The summed E-state index contributed by atoms with van der Waals surface area (Å²) in [7, 11) is -1.67. The highest BCUT2D eigenvalue weighted by Gasteiger charge is 2.14. The van der Waals surface area contributed by atoms with E-state index in [1.807, 2.05) is 36.7 Å². The Morgan fingerprint density at radius 3 is 2.57 bits per heavy atom. The first-order valence-corrected chi connectivity index (χ1v) is 11.5. The van der Waals surface area contributed by atoms with Crippen LogP contribution in [0.4, 0.5) is 0 Å². The Morgan fingerprint density at radius 2 is 1.87 bits per heavy atom. The highest BCUT2D eigenvalue weighted by Crippen LogP contribution is 2.16. The Bertz CT molecular complexity index is 1360. The Labute approximate surface area is 178 Å². The lowest BCUT2D eigenvalue weighted by Crippen LogP contribution is -2.23. The van der Waals surface area contributed by atoms with Gasteiger partial charge in [-0.25, -0.2) is 13.1 Å². The molecule has 0 radical (unpaired) electrons. The molecule has 0 aliphatic rings. The third-order valence-electron chi connectivity index (χ3n) is 4.60. The maximum absolute atomic E-state index is 12.4. The van der Waals surface area contributed by atoms with E-state index < -0.39 is 10.0 Å². The molecular formula is C21H20N4O3S2. The Hall–Kier alpha value is -3.01. The molecule has 0 saturated heterocycles. The van der Waals surface area contributed by atoms with Crippen LogP contribution in [0.3, 0.4) is 0 Å². The maximum atomic E-state index is 12.4. The van der Waals surface area contributed by atoms with Gasteiger partial charge in [-0.1, -0.05) is 35.6 Å². The first-order chi connectivity index (χ1) is 14.4. The van der Waals surface area contributed by atoms with Crippen molar-refractivity contribution in [3.8, 4) is 0 Å². The normalized spacial score (nSPS) is 13.3. The molecule has 2 aromatic heterocycles. The van der Waals surface area contributed by atoms with Gasteiger partial charge >= 0.3 is 0 Å². The number of para-hydroxylation sites is 1. The van der Waals surface area contributed by atoms with Crippen molar-refractivity contribution in [3.63, 3.8) is 0 Å². The van der Waals surface area contributed by atoms with Crippen molar-refractivity contribution in [1.29, 1.82) is 0 Å². The van der Waals surface area contributed by atoms with Crippen LogP contribution < -0.4 is 9.52 Å². The van der Waals surface area contributed by atoms with Crippen LogP contribution in [0.5, 0.6) is 0 Å². The predicted molar refractivity (Wildman–Crippen MR) is 118 cm³/mol. The van der Waals surface area contributed by atoms with Gasteiger partial charge in [-0.05, 0) is 48.9 Å². The molecule has 2 aromatic carbocycles. The van der Waals surface area contributed by atoms with Gasteiger partial charge in [-0.3, -0.25) is 0 Å². The van der Waals surface area contributed by atoms with E-state index >= 15 is 0 Å². The minimum Gasteiger partial charge on any atom is -0.468 e. The van der Waals surface area contributed by atoms with Gasteiger partial charge in [0.05, 0.1) is 33.6 Å². The van der Waals surface area contributed by atoms with Crippen molar-refractivity contribution in [3.05, 3.63) is 83.1 Å². The van der Waals surface area contributed by atoms with E-state index in [9.17, 15) is 8.42 Å². The monoisotopic (exact) mass is 440 g/mol. The van der Waals surface area contributed by atoms with E-state index in [-0.39, 0.29) is 11.4 Å². The highest BCUT2D eigenvalue weighted by atomic mass is 32.2. The molecule has 0 saturated carbocycles. The van der Waals surface area contributed by atoms with Gasteiger partial charge in [-0.2, -0.15) is 5.10 Å².